The van der Waals surface area contributed by atoms with Crippen molar-refractivity contribution in [2.24, 2.45) is 5.92 Å². The minimum absolute atomic E-state index is 0. The molecule has 0 aliphatic carbocycles. The molecule has 1 N–H and O–H groups in total. The highest BCUT2D eigenvalue weighted by Gasteiger charge is 2.19. The molecule has 0 aromatic heterocycles. The number of nitrogens with one attached hydrogen (secondary N) is 1. The van der Waals surface area contributed by atoms with Crippen LogP contribution in [-0.2, 0) is 17.9 Å². The third kappa shape index (κ3) is 5.86. The van der Waals surface area contributed by atoms with Crippen LogP contribution in [0.25, 0.3) is 0 Å². The maximum absolute atomic E-state index is 12.9. The van der Waals surface area contributed by atoms with E-state index in [1.165, 1.54) is 23.1 Å². The summed E-state index contributed by atoms with van der Waals surface area (Å²) in [6.07, 6.45) is 2.83. The third-order valence-corrected chi connectivity index (χ3v) is 5.12. The first-order chi connectivity index (χ1) is 12.2. The van der Waals surface area contributed by atoms with Crippen LogP contribution in [0.4, 0.5) is 0 Å². The summed E-state index contributed by atoms with van der Waals surface area (Å²) < 4.78 is 0. The standard InChI is InChI=1S/C22H28N2O.ClH/c1-18-7-5-6-10-21(18)17-24(16-20-8-3-2-4-9-20)22(25)12-11-19-13-14-23-15-19;/h2-10,19,23H,11-17H2,1H3;1H. The fraction of sp³-hybridized carbons (Fsp3) is 0.409. The number of amides is 1. The van der Waals surface area contributed by atoms with Gasteiger partial charge in [-0.3, -0.25) is 4.79 Å². The van der Waals surface area contributed by atoms with Gasteiger partial charge in [-0.15, -0.1) is 12.4 Å². The molecule has 2 aromatic carbocycles. The highest BCUT2D eigenvalue weighted by Crippen LogP contribution is 2.18. The van der Waals surface area contributed by atoms with Gasteiger partial charge in [0.25, 0.3) is 0 Å². The van der Waals surface area contributed by atoms with Gasteiger partial charge in [0.1, 0.15) is 0 Å². The first kappa shape index (κ1) is 20.5. The fourth-order valence-electron chi connectivity index (χ4n) is 3.48. The second-order valence-electron chi connectivity index (χ2n) is 7.06. The zero-order valence-electron chi connectivity index (χ0n) is 15.5. The van der Waals surface area contributed by atoms with Crippen LogP contribution in [0.2, 0.25) is 0 Å². The van der Waals surface area contributed by atoms with E-state index >= 15 is 0 Å². The maximum Gasteiger partial charge on any atom is 0.223 e. The molecule has 1 amide bonds. The maximum atomic E-state index is 12.9. The average molecular weight is 373 g/mol. The first-order valence-electron chi connectivity index (χ1n) is 9.29. The average Bonchev–Trinajstić information content (AvgIpc) is 3.15. The molecule has 0 bridgehead atoms. The molecule has 1 heterocycles. The summed E-state index contributed by atoms with van der Waals surface area (Å²) in [4.78, 5) is 14.9. The van der Waals surface area contributed by atoms with Gasteiger partial charge in [-0.25, -0.2) is 0 Å². The molecule has 1 aliphatic heterocycles. The van der Waals surface area contributed by atoms with Crippen molar-refractivity contribution in [1.29, 1.82) is 0 Å². The Morgan fingerprint density at radius 3 is 2.50 bits per heavy atom. The first-order valence-corrected chi connectivity index (χ1v) is 9.29. The number of hydrogen-bond donors (Lipinski definition) is 1. The molecule has 0 radical (unpaired) electrons. The second-order valence-corrected chi connectivity index (χ2v) is 7.06. The number of carbonyl (C=O) groups is 1. The molecular weight excluding hydrogens is 344 g/mol. The molecule has 140 valence electrons. The minimum atomic E-state index is 0. The van der Waals surface area contributed by atoms with Gasteiger partial charge in [0, 0.05) is 19.5 Å². The second kappa shape index (κ2) is 10.3. The van der Waals surface area contributed by atoms with E-state index in [2.05, 4.69) is 48.6 Å². The predicted octanol–water partition coefficient (Wildman–Crippen LogP) is 4.34. The SMILES string of the molecule is Cc1ccccc1CN(Cc1ccccc1)C(=O)CCC1CCNC1.Cl. The van der Waals surface area contributed by atoms with Crippen LogP contribution in [-0.4, -0.2) is 23.9 Å². The van der Waals surface area contributed by atoms with Gasteiger partial charge in [0.15, 0.2) is 0 Å². The van der Waals surface area contributed by atoms with E-state index in [4.69, 9.17) is 0 Å². The Kier molecular flexibility index (Phi) is 8.14. The molecule has 2 aromatic rings. The van der Waals surface area contributed by atoms with Crippen molar-refractivity contribution in [3.63, 3.8) is 0 Å². The number of rotatable bonds is 7. The van der Waals surface area contributed by atoms with Crippen molar-refractivity contribution in [2.75, 3.05) is 13.1 Å². The van der Waals surface area contributed by atoms with E-state index in [0.717, 1.165) is 19.5 Å². The van der Waals surface area contributed by atoms with Crippen LogP contribution >= 0.6 is 12.4 Å². The van der Waals surface area contributed by atoms with E-state index in [1.807, 2.05) is 23.1 Å². The molecule has 1 atom stereocenters. The summed E-state index contributed by atoms with van der Waals surface area (Å²) in [6.45, 7) is 5.63. The quantitative estimate of drug-likeness (QED) is 0.784. The fourth-order valence-corrected chi connectivity index (χ4v) is 3.48. The van der Waals surface area contributed by atoms with Crippen LogP contribution in [0, 0.1) is 12.8 Å². The number of nitrogens with zero attached hydrogens (tertiary/aromatic N) is 1. The van der Waals surface area contributed by atoms with Gasteiger partial charge < -0.3 is 10.2 Å². The number of carbonyl (C=O) groups excluding carboxylic acids is 1. The van der Waals surface area contributed by atoms with Gasteiger partial charge in [0.2, 0.25) is 5.91 Å². The van der Waals surface area contributed by atoms with Crippen molar-refractivity contribution in [3.8, 4) is 0 Å². The lowest BCUT2D eigenvalue weighted by molar-refractivity contribution is -0.132. The normalized spacial score (nSPS) is 16.1. The highest BCUT2D eigenvalue weighted by atomic mass is 35.5. The van der Waals surface area contributed by atoms with Crippen molar-refractivity contribution in [2.45, 2.75) is 39.3 Å². The molecule has 1 unspecified atom stereocenters. The Morgan fingerprint density at radius 2 is 1.81 bits per heavy atom. The molecule has 1 aliphatic rings. The summed E-state index contributed by atoms with van der Waals surface area (Å²) in [5, 5.41) is 3.39. The van der Waals surface area contributed by atoms with E-state index < -0.39 is 0 Å². The Bertz CT molecular complexity index is 684. The largest absolute Gasteiger partial charge is 0.334 e. The molecule has 0 saturated carbocycles. The van der Waals surface area contributed by atoms with Crippen molar-refractivity contribution in [1.82, 2.24) is 10.2 Å². The van der Waals surface area contributed by atoms with Gasteiger partial charge in [0.05, 0.1) is 0 Å². The van der Waals surface area contributed by atoms with Gasteiger partial charge in [-0.2, -0.15) is 0 Å². The molecule has 1 saturated heterocycles. The van der Waals surface area contributed by atoms with Crippen LogP contribution < -0.4 is 5.32 Å². The topological polar surface area (TPSA) is 32.3 Å². The van der Waals surface area contributed by atoms with Crippen molar-refractivity contribution < 1.29 is 4.79 Å². The van der Waals surface area contributed by atoms with Crippen molar-refractivity contribution >= 4 is 18.3 Å². The molecule has 0 spiro atoms. The van der Waals surface area contributed by atoms with Crippen molar-refractivity contribution in [3.05, 3.63) is 71.3 Å². The summed E-state index contributed by atoms with van der Waals surface area (Å²) in [5.74, 6) is 0.917. The number of hydrogen-bond acceptors (Lipinski definition) is 2. The number of halogens is 1. The predicted molar refractivity (Wildman–Crippen MR) is 109 cm³/mol. The zero-order chi connectivity index (χ0) is 17.5. The van der Waals surface area contributed by atoms with E-state index in [-0.39, 0.29) is 18.3 Å². The summed E-state index contributed by atoms with van der Waals surface area (Å²) in [7, 11) is 0. The Labute approximate surface area is 163 Å². The highest BCUT2D eigenvalue weighted by molar-refractivity contribution is 5.85. The van der Waals surface area contributed by atoms with Crippen LogP contribution in [0.3, 0.4) is 0 Å². The van der Waals surface area contributed by atoms with Gasteiger partial charge in [-0.05, 0) is 55.5 Å². The smallest absolute Gasteiger partial charge is 0.223 e. The molecular formula is C22H29ClN2O. The van der Waals surface area contributed by atoms with Crippen LogP contribution in [0.1, 0.15) is 36.0 Å². The number of aryl methyl sites for hydroxylation is 1. The minimum Gasteiger partial charge on any atom is -0.334 e. The Hall–Kier alpha value is -1.84. The lowest BCUT2D eigenvalue weighted by atomic mass is 10.0. The Morgan fingerprint density at radius 1 is 1.08 bits per heavy atom. The van der Waals surface area contributed by atoms with Crippen LogP contribution in [0.15, 0.2) is 54.6 Å². The lowest BCUT2D eigenvalue weighted by Gasteiger charge is -2.24. The summed E-state index contributed by atoms with van der Waals surface area (Å²) >= 11 is 0. The summed E-state index contributed by atoms with van der Waals surface area (Å²) in [6, 6.07) is 18.6. The third-order valence-electron chi connectivity index (χ3n) is 5.12. The molecule has 1 fully saturated rings. The van der Waals surface area contributed by atoms with Gasteiger partial charge >= 0.3 is 0 Å². The Balaban J connectivity index is 0.00000243. The molecule has 3 rings (SSSR count). The molecule has 4 heteroatoms. The molecule has 26 heavy (non-hydrogen) atoms. The van der Waals surface area contributed by atoms with E-state index in [0.29, 0.717) is 25.4 Å². The zero-order valence-corrected chi connectivity index (χ0v) is 16.3. The monoisotopic (exact) mass is 372 g/mol. The lowest BCUT2D eigenvalue weighted by Crippen LogP contribution is -2.30. The van der Waals surface area contributed by atoms with E-state index in [1.54, 1.807) is 0 Å². The molecule has 3 nitrogen and oxygen atoms in total. The van der Waals surface area contributed by atoms with Crippen LogP contribution in [0.5, 0.6) is 0 Å². The van der Waals surface area contributed by atoms with E-state index in [9.17, 15) is 4.79 Å². The summed E-state index contributed by atoms with van der Waals surface area (Å²) in [5.41, 5.74) is 3.66. The number of benzene rings is 2. The van der Waals surface area contributed by atoms with Gasteiger partial charge in [-0.1, -0.05) is 54.6 Å².